The summed E-state index contributed by atoms with van der Waals surface area (Å²) in [5.74, 6) is 0.273. The van der Waals surface area contributed by atoms with Gasteiger partial charge in [0.1, 0.15) is 10.6 Å². The van der Waals surface area contributed by atoms with E-state index in [0.717, 1.165) is 16.7 Å². The average molecular weight is 379 g/mol. The lowest BCUT2D eigenvalue weighted by atomic mass is 10.1. The third-order valence-corrected chi connectivity index (χ3v) is 5.36. The monoisotopic (exact) mass is 379 g/mol. The first-order valence-electron chi connectivity index (χ1n) is 8.63. The van der Waals surface area contributed by atoms with Crippen molar-refractivity contribution in [2.75, 3.05) is 0 Å². The van der Waals surface area contributed by atoms with Gasteiger partial charge in [-0.25, -0.2) is 0 Å². The zero-order valence-electron chi connectivity index (χ0n) is 15.2. The third-order valence-electron chi connectivity index (χ3n) is 4.10. The molecule has 0 spiro atoms. The molecule has 0 bridgehead atoms. The van der Waals surface area contributed by atoms with Crippen molar-refractivity contribution in [3.8, 4) is 5.75 Å². The van der Waals surface area contributed by atoms with Gasteiger partial charge < -0.3 is 4.18 Å². The first-order valence-corrected chi connectivity index (χ1v) is 10.0. The lowest BCUT2D eigenvalue weighted by Crippen LogP contribution is -2.10. The Balaban J connectivity index is 1.77. The normalized spacial score (nSPS) is 12.8. The first-order chi connectivity index (χ1) is 12.9. The van der Waals surface area contributed by atoms with Gasteiger partial charge in [-0.1, -0.05) is 60.2 Å². The summed E-state index contributed by atoms with van der Waals surface area (Å²) in [4.78, 5) is 4.67. The molecule has 3 aromatic carbocycles. The van der Waals surface area contributed by atoms with Gasteiger partial charge in [-0.2, -0.15) is 8.42 Å². The molecule has 3 rings (SSSR count). The van der Waals surface area contributed by atoms with Crippen molar-refractivity contribution in [1.82, 2.24) is 0 Å². The molecule has 0 amide bonds. The van der Waals surface area contributed by atoms with Crippen molar-refractivity contribution >= 4 is 16.3 Å². The van der Waals surface area contributed by atoms with Gasteiger partial charge in [-0.15, -0.1) is 0 Å². The van der Waals surface area contributed by atoms with Crippen LogP contribution in [0.25, 0.3) is 0 Å². The first kappa shape index (κ1) is 18.9. The highest BCUT2D eigenvalue weighted by atomic mass is 32.2. The predicted molar refractivity (Wildman–Crippen MR) is 108 cm³/mol. The highest BCUT2D eigenvalue weighted by Gasteiger charge is 2.17. The molecule has 0 aromatic heterocycles. The van der Waals surface area contributed by atoms with Gasteiger partial charge in [0.2, 0.25) is 0 Å². The van der Waals surface area contributed by atoms with E-state index in [2.05, 4.69) is 4.99 Å². The van der Waals surface area contributed by atoms with Crippen LogP contribution < -0.4 is 4.18 Å². The molecule has 0 aliphatic rings. The summed E-state index contributed by atoms with van der Waals surface area (Å²) >= 11 is 0. The van der Waals surface area contributed by atoms with Crippen LogP contribution in [0.4, 0.5) is 0 Å². The maximum Gasteiger partial charge on any atom is 0.339 e. The van der Waals surface area contributed by atoms with Crippen LogP contribution in [0, 0.1) is 6.92 Å². The second-order valence-electron chi connectivity index (χ2n) is 6.29. The van der Waals surface area contributed by atoms with Crippen LogP contribution in [0.1, 0.15) is 29.7 Å². The third kappa shape index (κ3) is 5.05. The van der Waals surface area contributed by atoms with Crippen LogP contribution in [0.5, 0.6) is 5.75 Å². The Labute approximate surface area is 160 Å². The van der Waals surface area contributed by atoms with Crippen LogP contribution in [0.3, 0.4) is 0 Å². The summed E-state index contributed by atoms with van der Waals surface area (Å²) in [6.45, 7) is 3.85. The highest BCUT2D eigenvalue weighted by Crippen LogP contribution is 2.24. The fourth-order valence-corrected chi connectivity index (χ4v) is 3.45. The van der Waals surface area contributed by atoms with Crippen molar-refractivity contribution in [2.24, 2.45) is 4.99 Å². The van der Waals surface area contributed by atoms with E-state index in [4.69, 9.17) is 4.18 Å². The van der Waals surface area contributed by atoms with Gasteiger partial charge in [0.15, 0.2) is 0 Å². The molecule has 0 radical (unpaired) electrons. The zero-order chi connectivity index (χ0) is 19.3. The molecule has 0 unspecified atom stereocenters. The quantitative estimate of drug-likeness (QED) is 0.450. The molecule has 0 aliphatic heterocycles. The van der Waals surface area contributed by atoms with Crippen molar-refractivity contribution in [2.45, 2.75) is 24.8 Å². The topological polar surface area (TPSA) is 55.7 Å². The van der Waals surface area contributed by atoms with E-state index in [1.165, 1.54) is 0 Å². The minimum Gasteiger partial charge on any atom is -0.379 e. The van der Waals surface area contributed by atoms with Crippen molar-refractivity contribution in [3.63, 3.8) is 0 Å². The minimum absolute atomic E-state index is 0.129. The van der Waals surface area contributed by atoms with Crippen LogP contribution in [-0.4, -0.2) is 14.6 Å². The SMILES string of the molecule is Cc1ccc(S(=O)(=O)Oc2cccc([C@@H](C)N=Cc3ccccc3)c2)cc1. The Morgan fingerprint density at radius 3 is 2.33 bits per heavy atom. The molecule has 0 fully saturated rings. The van der Waals surface area contributed by atoms with Crippen molar-refractivity contribution in [3.05, 3.63) is 95.6 Å². The Kier molecular flexibility index (Phi) is 5.72. The number of aryl methyl sites for hydroxylation is 1. The molecule has 27 heavy (non-hydrogen) atoms. The van der Waals surface area contributed by atoms with Crippen LogP contribution in [-0.2, 0) is 10.1 Å². The molecule has 1 atom stereocenters. The average Bonchev–Trinajstić information content (AvgIpc) is 2.67. The molecule has 0 aliphatic carbocycles. The zero-order valence-corrected chi connectivity index (χ0v) is 16.1. The maximum absolute atomic E-state index is 12.5. The Hall–Kier alpha value is -2.92. The number of aliphatic imine (C=N–C) groups is 1. The molecule has 0 saturated heterocycles. The molecule has 5 heteroatoms. The smallest absolute Gasteiger partial charge is 0.339 e. The van der Waals surface area contributed by atoms with E-state index < -0.39 is 10.1 Å². The van der Waals surface area contributed by atoms with Gasteiger partial charge in [-0.3, -0.25) is 4.99 Å². The second-order valence-corrected chi connectivity index (χ2v) is 7.83. The van der Waals surface area contributed by atoms with Crippen LogP contribution >= 0.6 is 0 Å². The van der Waals surface area contributed by atoms with Gasteiger partial charge in [0.05, 0.1) is 6.04 Å². The lowest BCUT2D eigenvalue weighted by molar-refractivity contribution is 0.485. The molecule has 0 saturated carbocycles. The summed E-state index contributed by atoms with van der Waals surface area (Å²) in [5.41, 5.74) is 2.87. The maximum atomic E-state index is 12.5. The lowest BCUT2D eigenvalue weighted by Gasteiger charge is -2.11. The Morgan fingerprint density at radius 1 is 0.926 bits per heavy atom. The molecular formula is C22H21NO3S. The van der Waals surface area contributed by atoms with E-state index in [-0.39, 0.29) is 16.7 Å². The number of benzene rings is 3. The van der Waals surface area contributed by atoms with E-state index in [0.29, 0.717) is 0 Å². The summed E-state index contributed by atoms with van der Waals surface area (Å²) < 4.78 is 30.2. The summed E-state index contributed by atoms with van der Waals surface area (Å²) in [6, 6.07) is 23.3. The van der Waals surface area contributed by atoms with Gasteiger partial charge in [0.25, 0.3) is 0 Å². The second kappa shape index (κ2) is 8.18. The van der Waals surface area contributed by atoms with Crippen LogP contribution in [0.2, 0.25) is 0 Å². The van der Waals surface area contributed by atoms with E-state index in [1.807, 2.05) is 50.2 Å². The van der Waals surface area contributed by atoms with Gasteiger partial charge in [-0.05, 0) is 49.2 Å². The predicted octanol–water partition coefficient (Wildman–Crippen LogP) is 4.94. The molecular weight excluding hydrogens is 358 g/mol. The van der Waals surface area contributed by atoms with E-state index in [9.17, 15) is 8.42 Å². The fraction of sp³-hybridized carbons (Fsp3) is 0.136. The van der Waals surface area contributed by atoms with E-state index >= 15 is 0 Å². The van der Waals surface area contributed by atoms with Gasteiger partial charge >= 0.3 is 10.1 Å². The highest BCUT2D eigenvalue weighted by molar-refractivity contribution is 7.87. The Bertz CT molecular complexity index is 1030. The number of nitrogens with zero attached hydrogens (tertiary/aromatic N) is 1. The molecule has 3 aromatic rings. The van der Waals surface area contributed by atoms with Crippen molar-refractivity contribution in [1.29, 1.82) is 0 Å². The molecule has 0 heterocycles. The standard InChI is InChI=1S/C22H21NO3S/c1-17-11-13-22(14-12-17)27(24,25)26-21-10-6-9-20(15-21)18(2)23-16-19-7-4-3-5-8-19/h3-16,18H,1-2H3/t18-/m1/s1. The van der Waals surface area contributed by atoms with Crippen LogP contribution in [0.15, 0.2) is 88.8 Å². The summed E-state index contributed by atoms with van der Waals surface area (Å²) in [7, 11) is -3.87. The Morgan fingerprint density at radius 2 is 1.63 bits per heavy atom. The minimum atomic E-state index is -3.87. The molecule has 0 N–H and O–H groups in total. The summed E-state index contributed by atoms with van der Waals surface area (Å²) in [5, 5.41) is 0. The van der Waals surface area contributed by atoms with E-state index in [1.54, 1.807) is 48.7 Å². The molecule has 4 nitrogen and oxygen atoms in total. The largest absolute Gasteiger partial charge is 0.379 e. The number of hydrogen-bond donors (Lipinski definition) is 0. The number of rotatable bonds is 6. The van der Waals surface area contributed by atoms with Gasteiger partial charge in [0, 0.05) is 6.21 Å². The molecule has 138 valence electrons. The number of hydrogen-bond acceptors (Lipinski definition) is 4. The summed E-state index contributed by atoms with van der Waals surface area (Å²) in [6.07, 6.45) is 1.81. The fourth-order valence-electron chi connectivity index (χ4n) is 2.53. The van der Waals surface area contributed by atoms with Crippen molar-refractivity contribution < 1.29 is 12.6 Å².